The topological polar surface area (TPSA) is 61.8 Å². The van der Waals surface area contributed by atoms with Gasteiger partial charge in [0.25, 0.3) is 0 Å². The van der Waals surface area contributed by atoms with Crippen molar-refractivity contribution in [2.45, 2.75) is 25.9 Å². The van der Waals surface area contributed by atoms with Crippen LogP contribution in [0.1, 0.15) is 18.9 Å². The van der Waals surface area contributed by atoms with E-state index in [0.717, 1.165) is 12.0 Å². The van der Waals surface area contributed by atoms with Crippen molar-refractivity contribution in [3.8, 4) is 5.75 Å². The van der Waals surface area contributed by atoms with Gasteiger partial charge in [-0.2, -0.15) is 0 Å². The van der Waals surface area contributed by atoms with Crippen molar-refractivity contribution in [3.05, 3.63) is 28.8 Å². The van der Waals surface area contributed by atoms with Crippen LogP contribution in [0.4, 0.5) is 4.79 Å². The Morgan fingerprint density at radius 1 is 1.55 bits per heavy atom. The van der Waals surface area contributed by atoms with Crippen molar-refractivity contribution in [1.82, 2.24) is 10.2 Å². The van der Waals surface area contributed by atoms with Crippen LogP contribution < -0.4 is 10.1 Å². The number of rotatable bonds is 4. The predicted molar refractivity (Wildman–Crippen MR) is 86.5 cm³/mol. The van der Waals surface area contributed by atoms with Gasteiger partial charge in [0.2, 0.25) is 0 Å². The summed E-state index contributed by atoms with van der Waals surface area (Å²) in [5, 5.41) is 13.3. The molecule has 1 aromatic rings. The number of nitrogens with one attached hydrogen (secondary N) is 1. The Balaban J connectivity index is 1.80. The van der Waals surface area contributed by atoms with Gasteiger partial charge in [-0.1, -0.05) is 24.6 Å². The number of halogens is 1. The molecule has 1 fully saturated rings. The lowest BCUT2D eigenvalue weighted by atomic mass is 9.96. The number of amides is 2. The molecule has 0 radical (unpaired) electrons. The number of β-amino-alcohol motifs (C(OH)–C–C–N with tert-alkyl or cyclic N) is 1. The Labute approximate surface area is 136 Å². The van der Waals surface area contributed by atoms with E-state index in [9.17, 15) is 9.90 Å². The number of methoxy groups -OCH3 is 1. The third kappa shape index (κ3) is 4.27. The van der Waals surface area contributed by atoms with Crippen LogP contribution in [0.5, 0.6) is 5.75 Å². The van der Waals surface area contributed by atoms with E-state index >= 15 is 0 Å². The zero-order valence-electron chi connectivity index (χ0n) is 13.0. The minimum Gasteiger partial charge on any atom is -0.497 e. The molecule has 2 unspecified atom stereocenters. The first kappa shape index (κ1) is 16.9. The molecule has 0 spiro atoms. The van der Waals surface area contributed by atoms with Crippen LogP contribution in [0.2, 0.25) is 5.02 Å². The van der Waals surface area contributed by atoms with Crippen molar-refractivity contribution >= 4 is 17.6 Å². The van der Waals surface area contributed by atoms with E-state index in [4.69, 9.17) is 16.3 Å². The van der Waals surface area contributed by atoms with Gasteiger partial charge in [-0.3, -0.25) is 0 Å². The van der Waals surface area contributed by atoms with Crippen molar-refractivity contribution < 1.29 is 14.6 Å². The molecule has 1 heterocycles. The van der Waals surface area contributed by atoms with Gasteiger partial charge in [-0.25, -0.2) is 4.79 Å². The Bertz CT molecular complexity index is 524. The molecule has 2 amide bonds. The highest BCUT2D eigenvalue weighted by atomic mass is 35.5. The van der Waals surface area contributed by atoms with E-state index < -0.39 is 6.10 Å². The van der Waals surface area contributed by atoms with Gasteiger partial charge in [0.15, 0.2) is 0 Å². The molecule has 0 bridgehead atoms. The monoisotopic (exact) mass is 326 g/mol. The summed E-state index contributed by atoms with van der Waals surface area (Å²) in [4.78, 5) is 13.7. The Kier molecular flexibility index (Phi) is 5.91. The van der Waals surface area contributed by atoms with E-state index in [2.05, 4.69) is 5.32 Å². The highest BCUT2D eigenvalue weighted by molar-refractivity contribution is 6.31. The first-order chi connectivity index (χ1) is 10.5. The van der Waals surface area contributed by atoms with Gasteiger partial charge in [0.1, 0.15) is 5.75 Å². The van der Waals surface area contributed by atoms with E-state index in [1.165, 1.54) is 0 Å². The second-order valence-electron chi connectivity index (χ2n) is 5.72. The van der Waals surface area contributed by atoms with Gasteiger partial charge >= 0.3 is 6.03 Å². The van der Waals surface area contributed by atoms with Gasteiger partial charge < -0.3 is 20.1 Å². The second kappa shape index (κ2) is 7.70. The number of likely N-dealkylation sites (tertiary alicyclic amines) is 1. The SMILES string of the molecule is COc1ccc(CCNC(=O)N2CCC(C)C(O)C2)c(Cl)c1. The predicted octanol–water partition coefficient (Wildman–Crippen LogP) is 2.30. The number of hydrogen-bond donors (Lipinski definition) is 2. The van der Waals surface area contributed by atoms with Crippen molar-refractivity contribution in [1.29, 1.82) is 0 Å². The van der Waals surface area contributed by atoms with Gasteiger partial charge in [-0.15, -0.1) is 0 Å². The lowest BCUT2D eigenvalue weighted by Gasteiger charge is -2.34. The summed E-state index contributed by atoms with van der Waals surface area (Å²) in [7, 11) is 1.60. The Hall–Kier alpha value is -1.46. The molecule has 6 heteroatoms. The summed E-state index contributed by atoms with van der Waals surface area (Å²) in [5.41, 5.74) is 0.968. The summed E-state index contributed by atoms with van der Waals surface area (Å²) >= 11 is 6.17. The number of piperidine rings is 1. The number of ether oxygens (including phenoxy) is 1. The molecule has 2 N–H and O–H groups in total. The van der Waals surface area contributed by atoms with Crippen LogP contribution in [0.25, 0.3) is 0 Å². The summed E-state index contributed by atoms with van der Waals surface area (Å²) in [6.07, 6.45) is 1.05. The Morgan fingerprint density at radius 2 is 2.32 bits per heavy atom. The van der Waals surface area contributed by atoms with Crippen LogP contribution in [0, 0.1) is 5.92 Å². The summed E-state index contributed by atoms with van der Waals surface area (Å²) < 4.78 is 5.11. The minimum absolute atomic E-state index is 0.129. The quantitative estimate of drug-likeness (QED) is 0.892. The summed E-state index contributed by atoms with van der Waals surface area (Å²) in [6, 6.07) is 5.39. The molecule has 1 aromatic carbocycles. The molecule has 0 aromatic heterocycles. The molecule has 1 aliphatic heterocycles. The lowest BCUT2D eigenvalue weighted by molar-refractivity contribution is 0.0436. The van der Waals surface area contributed by atoms with Crippen LogP contribution in [-0.2, 0) is 6.42 Å². The fourth-order valence-corrected chi connectivity index (χ4v) is 2.77. The zero-order valence-corrected chi connectivity index (χ0v) is 13.8. The molecular formula is C16H23ClN2O3. The second-order valence-corrected chi connectivity index (χ2v) is 6.13. The molecular weight excluding hydrogens is 304 g/mol. The zero-order chi connectivity index (χ0) is 16.1. The van der Waals surface area contributed by atoms with Gasteiger partial charge in [0.05, 0.1) is 13.2 Å². The molecule has 0 saturated carbocycles. The number of benzene rings is 1. The molecule has 5 nitrogen and oxygen atoms in total. The number of hydrogen-bond acceptors (Lipinski definition) is 3. The number of carbonyl (C=O) groups excluding carboxylic acids is 1. The molecule has 22 heavy (non-hydrogen) atoms. The maximum Gasteiger partial charge on any atom is 0.317 e. The van der Waals surface area contributed by atoms with Crippen LogP contribution in [0.15, 0.2) is 18.2 Å². The fraction of sp³-hybridized carbons (Fsp3) is 0.562. The normalized spacial score (nSPS) is 21.5. The van der Waals surface area contributed by atoms with E-state index in [1.807, 2.05) is 19.1 Å². The van der Waals surface area contributed by atoms with E-state index in [1.54, 1.807) is 18.1 Å². The Morgan fingerprint density at radius 3 is 2.95 bits per heavy atom. The fourth-order valence-electron chi connectivity index (χ4n) is 2.51. The average molecular weight is 327 g/mol. The first-order valence-corrected chi connectivity index (χ1v) is 7.92. The third-order valence-electron chi connectivity index (χ3n) is 4.14. The first-order valence-electron chi connectivity index (χ1n) is 7.54. The lowest BCUT2D eigenvalue weighted by Crippen LogP contribution is -2.49. The van der Waals surface area contributed by atoms with E-state index in [-0.39, 0.29) is 11.9 Å². The molecule has 1 aliphatic rings. The standard InChI is InChI=1S/C16H23ClN2O3/c1-11-6-8-19(10-15(11)20)16(21)18-7-5-12-3-4-13(22-2)9-14(12)17/h3-4,9,11,15,20H,5-8,10H2,1-2H3,(H,18,21). The average Bonchev–Trinajstić information content (AvgIpc) is 2.51. The number of carbonyl (C=O) groups is 1. The summed E-state index contributed by atoms with van der Waals surface area (Å²) in [6.45, 7) is 3.60. The number of nitrogens with zero attached hydrogens (tertiary/aromatic N) is 1. The number of urea groups is 1. The van der Waals surface area contributed by atoms with Gasteiger partial charge in [-0.05, 0) is 36.5 Å². The highest BCUT2D eigenvalue weighted by Gasteiger charge is 2.26. The van der Waals surface area contributed by atoms with Crippen molar-refractivity contribution in [3.63, 3.8) is 0 Å². The third-order valence-corrected chi connectivity index (χ3v) is 4.49. The molecule has 2 rings (SSSR count). The van der Waals surface area contributed by atoms with Crippen molar-refractivity contribution in [2.75, 3.05) is 26.7 Å². The molecule has 2 atom stereocenters. The molecule has 122 valence electrons. The number of aliphatic hydroxyl groups is 1. The minimum atomic E-state index is -0.435. The molecule has 0 aliphatic carbocycles. The van der Waals surface area contributed by atoms with Crippen LogP contribution in [-0.4, -0.2) is 48.9 Å². The van der Waals surface area contributed by atoms with Crippen LogP contribution >= 0.6 is 11.6 Å². The molecule has 1 saturated heterocycles. The smallest absolute Gasteiger partial charge is 0.317 e. The summed E-state index contributed by atoms with van der Waals surface area (Å²) in [5.74, 6) is 0.969. The largest absolute Gasteiger partial charge is 0.497 e. The maximum absolute atomic E-state index is 12.1. The number of aliphatic hydroxyl groups excluding tert-OH is 1. The van der Waals surface area contributed by atoms with E-state index in [0.29, 0.717) is 36.8 Å². The maximum atomic E-state index is 12.1. The van der Waals surface area contributed by atoms with Gasteiger partial charge in [0, 0.05) is 24.7 Å². The van der Waals surface area contributed by atoms with Crippen LogP contribution in [0.3, 0.4) is 0 Å². The van der Waals surface area contributed by atoms with Crippen molar-refractivity contribution in [2.24, 2.45) is 5.92 Å². The highest BCUT2D eigenvalue weighted by Crippen LogP contribution is 2.22.